The molecule has 0 unspecified atom stereocenters. The topological polar surface area (TPSA) is 349 Å². The van der Waals surface area contributed by atoms with Crippen molar-refractivity contribution in [2.24, 2.45) is 10.2 Å². The molecule has 0 radical (unpaired) electrons. The Balaban J connectivity index is 0.00000328. The van der Waals surface area contributed by atoms with Crippen molar-refractivity contribution >= 4 is 123 Å². The van der Waals surface area contributed by atoms with Crippen LogP contribution in [0.1, 0.15) is 71.0 Å². The first-order chi connectivity index (χ1) is 34.2. The average molecular weight is 1240 g/mol. The number of nitrogens with zero attached hydrogens (tertiary/aromatic N) is 9. The van der Waals surface area contributed by atoms with Gasteiger partial charge in [0.25, 0.3) is 0 Å². The van der Waals surface area contributed by atoms with Crippen molar-refractivity contribution in [2.75, 3.05) is 10.2 Å². The Morgan fingerprint density at radius 1 is 0.641 bits per heavy atom. The minimum atomic E-state index is -5.13. The maximum Gasteiger partial charge on any atom is 1.00 e. The Morgan fingerprint density at radius 3 is 1.67 bits per heavy atom. The number of hydrogen-bond donors (Lipinski definition) is 1. The molecule has 8 rings (SSSR count). The van der Waals surface area contributed by atoms with E-state index in [9.17, 15) is 57.1 Å². The van der Waals surface area contributed by atoms with Crippen LogP contribution in [0.2, 0.25) is 0 Å². The van der Waals surface area contributed by atoms with E-state index in [0.717, 1.165) is 40.9 Å². The first kappa shape index (κ1) is 69.1. The summed E-state index contributed by atoms with van der Waals surface area (Å²) in [4.78, 5) is 13.7. The van der Waals surface area contributed by atoms with Gasteiger partial charge in [0.2, 0.25) is 5.13 Å². The molecule has 0 aliphatic rings. The molecule has 22 nitrogen and oxygen atoms in total. The Bertz CT molecular complexity index is 4290. The molecule has 4 heterocycles. The summed E-state index contributed by atoms with van der Waals surface area (Å²) in [6, 6.07) is 13.8. The minimum Gasteiger partial charge on any atom is -0.744 e. The normalized spacial score (nSPS) is 12.2. The molecule has 0 spiro atoms. The zero-order chi connectivity index (χ0) is 54.5. The summed E-state index contributed by atoms with van der Waals surface area (Å²) >= 11 is 1.85. The third kappa shape index (κ3) is 14.1. The molecule has 0 amide bonds. The smallest absolute Gasteiger partial charge is 0.744 e. The standard InChI is InChI=1S/C46H44N10O12S6.2K.2Na/c1-21-15-24(4)39(73(63,64)65)26(6)36(21)51-42-37(52-53-43-30(20-47)41(46(8,9)10)54-56(43)45-49-32-14-12-29(72(60,61)62)19-34(32)70-45)22(2)17-35(50-42)55(38-23(3)16-25(5)40(27(38)7)74(66,67)68)44-48-31-13-11-28(71(57,58)59)18-33(31)69-44;;;;/h11-19H,1-10H3,(H,50,51)(H,57,58,59)(H,60,61,62)(H,63,64,65)(H,66,67,68);;;;/q;4*+1/p-4/b53-52+;;;;. The van der Waals surface area contributed by atoms with E-state index in [1.807, 2.05) is 0 Å². The van der Waals surface area contributed by atoms with Crippen LogP contribution in [-0.4, -0.2) is 76.6 Å². The Morgan fingerprint density at radius 2 is 1.15 bits per heavy atom. The summed E-state index contributed by atoms with van der Waals surface area (Å²) in [5, 5.41) is 28.0. The third-order valence-corrected chi connectivity index (χ3v) is 17.6. The van der Waals surface area contributed by atoms with Crippen molar-refractivity contribution in [3.8, 4) is 11.2 Å². The summed E-state index contributed by atoms with van der Waals surface area (Å²) in [6.45, 7) is 16.0. The monoisotopic (exact) mass is 1240 g/mol. The molecule has 386 valence electrons. The van der Waals surface area contributed by atoms with Crippen LogP contribution in [-0.2, 0) is 45.9 Å². The molecular formula is C46H40K2N10Na2O12S6. The van der Waals surface area contributed by atoms with Gasteiger partial charge < -0.3 is 23.5 Å². The fourth-order valence-corrected chi connectivity index (χ4v) is 13.7. The Labute approximate surface area is 587 Å². The molecule has 4 aromatic carbocycles. The van der Waals surface area contributed by atoms with Crippen molar-refractivity contribution in [2.45, 2.75) is 94.2 Å². The summed E-state index contributed by atoms with van der Waals surface area (Å²) in [5.74, 6) is -0.336. The molecule has 1 N–H and O–H groups in total. The van der Waals surface area contributed by atoms with Crippen molar-refractivity contribution in [1.29, 1.82) is 5.26 Å². The Hall–Kier alpha value is -1.38. The molecule has 32 heteroatoms. The van der Waals surface area contributed by atoms with Gasteiger partial charge in [-0.2, -0.15) is 15.0 Å². The van der Waals surface area contributed by atoms with E-state index in [-0.39, 0.29) is 256 Å². The molecule has 0 aliphatic carbocycles. The number of thiazole rings is 2. The van der Waals surface area contributed by atoms with E-state index in [2.05, 4.69) is 26.6 Å². The van der Waals surface area contributed by atoms with Gasteiger partial charge in [-0.15, -0.1) is 10.2 Å². The van der Waals surface area contributed by atoms with Gasteiger partial charge >= 0.3 is 162 Å². The van der Waals surface area contributed by atoms with Gasteiger partial charge in [-0.25, -0.2) is 48.6 Å². The number of aryl methyl sites for hydroxylation is 5. The molecule has 0 fully saturated rings. The number of anilines is 5. The number of rotatable bonds is 12. The van der Waals surface area contributed by atoms with Gasteiger partial charge in [-0.05, 0) is 130 Å². The summed E-state index contributed by atoms with van der Waals surface area (Å²) in [5.41, 5.74) is 1.60. The summed E-state index contributed by atoms with van der Waals surface area (Å²) < 4.78 is 151. The van der Waals surface area contributed by atoms with Crippen molar-refractivity contribution in [3.05, 3.63) is 105 Å². The molecular weight excluding hydrogens is 1200 g/mol. The number of aromatic nitrogens is 5. The van der Waals surface area contributed by atoms with Crippen molar-refractivity contribution in [3.63, 3.8) is 0 Å². The fourth-order valence-electron chi connectivity index (χ4n) is 8.68. The van der Waals surface area contributed by atoms with Crippen LogP contribution < -0.4 is 172 Å². The van der Waals surface area contributed by atoms with E-state index in [0.29, 0.717) is 21.3 Å². The van der Waals surface area contributed by atoms with Crippen molar-refractivity contribution < 1.29 is 214 Å². The average Bonchev–Trinajstić information content (AvgIpc) is 3.98. The minimum absolute atomic E-state index is 0. The quantitative estimate of drug-likeness (QED) is 0.0727. The van der Waals surface area contributed by atoms with Gasteiger partial charge in [0.1, 0.15) is 63.6 Å². The van der Waals surface area contributed by atoms with Gasteiger partial charge in [0.05, 0.1) is 51.4 Å². The maximum absolute atomic E-state index is 12.9. The Kier molecular flexibility index (Phi) is 22.6. The first-order valence-corrected chi connectivity index (χ1v) is 28.9. The van der Waals surface area contributed by atoms with Crippen LogP contribution in [0, 0.1) is 59.8 Å². The van der Waals surface area contributed by atoms with Crippen LogP contribution in [0.4, 0.5) is 39.6 Å². The van der Waals surface area contributed by atoms with E-state index >= 15 is 0 Å². The number of azo groups is 1. The zero-order valence-electron chi connectivity index (χ0n) is 44.6. The fraction of sp³-hybridized carbons (Fsp3) is 0.239. The van der Waals surface area contributed by atoms with Crippen LogP contribution in [0.5, 0.6) is 0 Å². The number of benzene rings is 4. The molecule has 0 aliphatic heterocycles. The number of fused-ring (bicyclic) bond motifs is 2. The predicted octanol–water partition coefficient (Wildman–Crippen LogP) is -2.92. The molecule has 0 bridgehead atoms. The van der Waals surface area contributed by atoms with Gasteiger partial charge in [-0.1, -0.05) is 55.6 Å². The second-order valence-corrected chi connectivity index (χ2v) is 25.6. The number of nitriles is 1. The van der Waals surface area contributed by atoms with Crippen LogP contribution >= 0.6 is 22.7 Å². The molecule has 78 heavy (non-hydrogen) atoms. The molecule has 8 aromatic rings. The number of hydrogen-bond acceptors (Lipinski definition) is 23. The molecule has 0 saturated carbocycles. The predicted molar refractivity (Wildman–Crippen MR) is 271 cm³/mol. The number of pyridine rings is 1. The first-order valence-electron chi connectivity index (χ1n) is 21.6. The van der Waals surface area contributed by atoms with E-state index in [1.54, 1.807) is 41.5 Å². The van der Waals surface area contributed by atoms with Crippen LogP contribution in [0.25, 0.3) is 25.6 Å². The van der Waals surface area contributed by atoms with Crippen molar-refractivity contribution in [1.82, 2.24) is 24.7 Å². The van der Waals surface area contributed by atoms with Gasteiger partial charge in [0.15, 0.2) is 16.8 Å². The van der Waals surface area contributed by atoms with Gasteiger partial charge in [-0.3, -0.25) is 4.90 Å². The zero-order valence-corrected chi connectivity index (χ0v) is 59.7. The number of nitrogens with one attached hydrogen (secondary N) is 1. The second kappa shape index (κ2) is 25.5. The maximum atomic E-state index is 12.9. The third-order valence-electron chi connectivity index (χ3n) is 11.7. The second-order valence-electron chi connectivity index (χ2n) is 18.2. The molecule has 4 aromatic heterocycles. The SMILES string of the molecule is Cc1cc(N(c2nc3ccc(S(=O)(=O)[O-])cc3s2)c2c(C)cc(C)c(S(=O)(=O)[O-])c2C)nc(Nc2c(C)cc(C)c(S(=O)(=O)[O-])c2C)c1/N=N/c1c(C#N)c(C(C)(C)C)nn1-c1nc2ccc(S(=O)(=O)[O-])cc2s1.[K+].[K+].[Na+].[Na+]. The molecule has 0 atom stereocenters. The summed E-state index contributed by atoms with van der Waals surface area (Å²) in [6.07, 6.45) is 0. The van der Waals surface area contributed by atoms with E-state index in [4.69, 9.17) is 15.1 Å². The largest absolute Gasteiger partial charge is 1.00 e. The molecule has 0 saturated heterocycles. The van der Waals surface area contributed by atoms with Crippen LogP contribution in [0.15, 0.2) is 84.4 Å². The summed E-state index contributed by atoms with van der Waals surface area (Å²) in [7, 11) is -20.0. The van der Waals surface area contributed by atoms with E-state index in [1.165, 1.54) is 73.7 Å². The van der Waals surface area contributed by atoms with Crippen LogP contribution in [0.3, 0.4) is 0 Å². The van der Waals surface area contributed by atoms with Gasteiger partial charge in [0, 0.05) is 11.1 Å². The van der Waals surface area contributed by atoms with E-state index < -0.39 is 65.5 Å².